The normalized spacial score (nSPS) is 11.3. The number of aryl methyl sites for hydroxylation is 1. The van der Waals surface area contributed by atoms with E-state index in [9.17, 15) is 0 Å². The van der Waals surface area contributed by atoms with Crippen molar-refractivity contribution in [3.8, 4) is 50.6 Å². The van der Waals surface area contributed by atoms with Crippen LogP contribution in [-0.4, -0.2) is 22.6 Å². The molecule has 0 saturated heterocycles. The third kappa shape index (κ3) is 7.38. The van der Waals surface area contributed by atoms with Gasteiger partial charge in [0.15, 0.2) is 0 Å². The maximum atomic E-state index is 6.50. The van der Waals surface area contributed by atoms with Crippen molar-refractivity contribution in [3.05, 3.63) is 194 Å². The minimum absolute atomic E-state index is 0. The van der Waals surface area contributed by atoms with Gasteiger partial charge in [0.1, 0.15) is 5.58 Å². The van der Waals surface area contributed by atoms with E-state index in [4.69, 9.17) is 9.40 Å². The van der Waals surface area contributed by atoms with Crippen LogP contribution in [-0.2, 0) is 20.1 Å². The Balaban J connectivity index is 0.000000233. The van der Waals surface area contributed by atoms with Crippen LogP contribution in [0.4, 0.5) is 0 Å². The molecular weight excluding hydrogens is 903 g/mol. The zero-order valence-electron chi connectivity index (χ0n) is 32.8. The summed E-state index contributed by atoms with van der Waals surface area (Å²) >= 11 is 0. The van der Waals surface area contributed by atoms with E-state index in [0.717, 1.165) is 89.1 Å². The molecule has 0 bridgehead atoms. The Morgan fingerprint density at radius 2 is 1.28 bits per heavy atom. The van der Waals surface area contributed by atoms with E-state index in [1.807, 2.05) is 48.7 Å². The molecule has 0 N–H and O–H groups in total. The van der Waals surface area contributed by atoms with Gasteiger partial charge in [-0.25, -0.2) is 0 Å². The number of aromatic nitrogens is 3. The van der Waals surface area contributed by atoms with Crippen molar-refractivity contribution in [2.75, 3.05) is 0 Å². The summed E-state index contributed by atoms with van der Waals surface area (Å²) in [5, 5.41) is 3.54. The van der Waals surface area contributed by atoms with Gasteiger partial charge in [-0.1, -0.05) is 152 Å². The first-order chi connectivity index (χ1) is 27.8. The summed E-state index contributed by atoms with van der Waals surface area (Å²) in [4.78, 5) is 9.80. The molecule has 4 nitrogen and oxygen atoms in total. The molecular formula is C52H41IrN3OSi-2. The summed E-state index contributed by atoms with van der Waals surface area (Å²) < 4.78 is 8.83. The third-order valence-corrected chi connectivity index (χ3v) is 12.5. The number of para-hydroxylation sites is 3. The van der Waals surface area contributed by atoms with Crippen LogP contribution in [0.15, 0.2) is 180 Å². The maximum Gasteiger partial charge on any atom is 0.120 e. The third-order valence-electron chi connectivity index (χ3n) is 10.5. The number of fused-ring (bicyclic) bond motifs is 4. The summed E-state index contributed by atoms with van der Waals surface area (Å²) in [7, 11) is -1.23. The van der Waals surface area contributed by atoms with Gasteiger partial charge < -0.3 is 14.0 Å². The van der Waals surface area contributed by atoms with Gasteiger partial charge in [0.05, 0.1) is 36.2 Å². The molecule has 10 aromatic rings. The fourth-order valence-corrected chi connectivity index (χ4v) is 8.61. The molecule has 0 atom stereocenters. The smallest absolute Gasteiger partial charge is 0.120 e. The van der Waals surface area contributed by atoms with Crippen LogP contribution in [0.3, 0.4) is 0 Å². The van der Waals surface area contributed by atoms with Crippen molar-refractivity contribution in [2.45, 2.75) is 26.6 Å². The minimum atomic E-state index is -1.23. The molecule has 0 spiro atoms. The second kappa shape index (κ2) is 16.4. The first-order valence-electron chi connectivity index (χ1n) is 19.3. The molecule has 3 aromatic heterocycles. The molecule has 1 radical (unpaired) electrons. The molecule has 0 aliphatic heterocycles. The fourth-order valence-electron chi connectivity index (χ4n) is 7.57. The molecule has 0 aliphatic rings. The Morgan fingerprint density at radius 3 is 1.93 bits per heavy atom. The van der Waals surface area contributed by atoms with Gasteiger partial charge in [-0.2, -0.15) is 0 Å². The topological polar surface area (TPSA) is 43.9 Å². The molecule has 58 heavy (non-hydrogen) atoms. The number of imidazole rings is 1. The van der Waals surface area contributed by atoms with E-state index in [1.54, 1.807) is 0 Å². The van der Waals surface area contributed by atoms with Crippen LogP contribution >= 0.6 is 0 Å². The molecule has 285 valence electrons. The van der Waals surface area contributed by atoms with Crippen molar-refractivity contribution < 1.29 is 24.5 Å². The Kier molecular flexibility index (Phi) is 10.9. The Bertz CT molecular complexity index is 2930. The van der Waals surface area contributed by atoms with Gasteiger partial charge in [-0.05, 0) is 46.6 Å². The zero-order valence-corrected chi connectivity index (χ0v) is 36.2. The number of pyridine rings is 1. The second-order valence-electron chi connectivity index (χ2n) is 15.3. The van der Waals surface area contributed by atoms with Crippen LogP contribution in [0.2, 0.25) is 19.6 Å². The quantitative estimate of drug-likeness (QED) is 0.123. The standard InChI is InChI=1S/C38H25N2O.C14H16NSi.Ir/c1-25-13-10-23-33-35(25)40(38(39-33)32-22-12-21-31-30-18-8-9-24-34(30)41-37(31)32)36-28(26-14-4-2-5-15-26)19-11-20-29(36)27-16-6-3-7-17-27;1-16(2,3)13-9-10-14(15-11-13)12-7-5-4-6-8-12;/h2-21,23-24H,1H3;4-7,9-11H,1-3H3;/q2*-1;. The van der Waals surface area contributed by atoms with Gasteiger partial charge in [0, 0.05) is 42.8 Å². The molecule has 0 amide bonds. The number of benzene rings is 7. The minimum Gasteiger partial charge on any atom is -0.501 e. The molecule has 6 heteroatoms. The van der Waals surface area contributed by atoms with Crippen molar-refractivity contribution >= 4 is 46.2 Å². The summed E-state index contributed by atoms with van der Waals surface area (Å²) in [5.41, 5.74) is 13.4. The van der Waals surface area contributed by atoms with E-state index in [1.165, 1.54) is 5.19 Å². The molecule has 0 aliphatic carbocycles. The van der Waals surface area contributed by atoms with Crippen LogP contribution in [0.5, 0.6) is 0 Å². The maximum absolute atomic E-state index is 6.50. The Morgan fingerprint density at radius 1 is 0.603 bits per heavy atom. The Labute approximate surface area is 354 Å². The van der Waals surface area contributed by atoms with E-state index < -0.39 is 8.07 Å². The van der Waals surface area contributed by atoms with E-state index in [2.05, 4.69) is 176 Å². The average Bonchev–Trinajstić information content (AvgIpc) is 3.84. The summed E-state index contributed by atoms with van der Waals surface area (Å²) in [6.07, 6.45) is 2.02. The SMILES string of the molecule is C[Si](C)(C)c1ccc(-c2[c-]cccc2)nc1.Cc1cccc2nc(-c3[c-]ccc4c3oc3ccccc34)n(-c3c(-c4ccccc4)cccc3-c3ccccc3)c12.[Ir]. The van der Waals surface area contributed by atoms with Crippen molar-refractivity contribution in [1.29, 1.82) is 0 Å². The van der Waals surface area contributed by atoms with Crippen LogP contribution in [0, 0.1) is 19.1 Å². The van der Waals surface area contributed by atoms with E-state index in [0.29, 0.717) is 0 Å². The van der Waals surface area contributed by atoms with Crippen molar-refractivity contribution in [3.63, 3.8) is 0 Å². The zero-order chi connectivity index (χ0) is 38.9. The first-order valence-corrected chi connectivity index (χ1v) is 22.8. The number of furan rings is 1. The van der Waals surface area contributed by atoms with E-state index in [-0.39, 0.29) is 20.1 Å². The Hall–Kier alpha value is -6.17. The predicted molar refractivity (Wildman–Crippen MR) is 240 cm³/mol. The monoisotopic (exact) mass is 944 g/mol. The largest absolute Gasteiger partial charge is 0.501 e. The number of rotatable bonds is 6. The van der Waals surface area contributed by atoms with E-state index >= 15 is 0 Å². The van der Waals surface area contributed by atoms with Crippen LogP contribution < -0.4 is 5.19 Å². The van der Waals surface area contributed by atoms with Gasteiger partial charge in [0.25, 0.3) is 0 Å². The summed E-state index contributed by atoms with van der Waals surface area (Å²) in [6.45, 7) is 9.15. The van der Waals surface area contributed by atoms with Crippen molar-refractivity contribution in [2.24, 2.45) is 0 Å². The molecule has 7 aromatic carbocycles. The molecule has 3 heterocycles. The molecule has 0 unspecified atom stereocenters. The van der Waals surface area contributed by atoms with Crippen LogP contribution in [0.1, 0.15) is 5.56 Å². The fraction of sp³-hybridized carbons (Fsp3) is 0.0769. The van der Waals surface area contributed by atoms with Crippen LogP contribution in [0.25, 0.3) is 83.6 Å². The van der Waals surface area contributed by atoms with Crippen molar-refractivity contribution in [1.82, 2.24) is 14.5 Å². The number of hydrogen-bond acceptors (Lipinski definition) is 3. The van der Waals surface area contributed by atoms with Gasteiger partial charge in [-0.3, -0.25) is 4.98 Å². The first kappa shape index (κ1) is 38.7. The molecule has 10 rings (SSSR count). The summed E-state index contributed by atoms with van der Waals surface area (Å²) in [6, 6.07) is 65.3. The molecule has 0 saturated carbocycles. The number of nitrogens with zero attached hydrogens (tertiary/aromatic N) is 3. The second-order valence-corrected chi connectivity index (χ2v) is 20.4. The number of hydrogen-bond donors (Lipinski definition) is 0. The van der Waals surface area contributed by atoms with Gasteiger partial charge >= 0.3 is 0 Å². The summed E-state index contributed by atoms with van der Waals surface area (Å²) in [5.74, 6) is 0.805. The molecule has 0 fully saturated rings. The predicted octanol–water partition coefficient (Wildman–Crippen LogP) is 13.1. The van der Waals surface area contributed by atoms with Gasteiger partial charge in [-0.15, -0.1) is 54.1 Å². The average molecular weight is 944 g/mol. The van der Waals surface area contributed by atoms with Gasteiger partial charge in [0.2, 0.25) is 0 Å².